The minimum Gasteiger partial charge on any atom is -0.490 e. The van der Waals surface area contributed by atoms with Crippen molar-refractivity contribution in [3.8, 4) is 17.0 Å². The van der Waals surface area contributed by atoms with Crippen molar-refractivity contribution >= 4 is 0 Å². The molecule has 1 aliphatic carbocycles. The zero-order valence-corrected chi connectivity index (χ0v) is 14.8. The molecule has 0 spiro atoms. The number of pyridine rings is 1. The summed E-state index contributed by atoms with van der Waals surface area (Å²) in [5.41, 5.74) is 4.39. The fourth-order valence-electron chi connectivity index (χ4n) is 3.49. The highest BCUT2D eigenvalue weighted by atomic mass is 16.5. The van der Waals surface area contributed by atoms with Crippen molar-refractivity contribution in [3.63, 3.8) is 0 Å². The number of benzene rings is 1. The summed E-state index contributed by atoms with van der Waals surface area (Å²) in [4.78, 5) is 4.19. The molecule has 2 aromatic heterocycles. The average molecular weight is 348 g/mol. The lowest BCUT2D eigenvalue weighted by atomic mass is 10.1. The largest absolute Gasteiger partial charge is 0.490 e. The van der Waals surface area contributed by atoms with E-state index in [0.717, 1.165) is 35.7 Å². The third-order valence-corrected chi connectivity index (χ3v) is 4.87. The highest BCUT2D eigenvalue weighted by molar-refractivity contribution is 5.61. The fraction of sp³-hybridized carbons (Fsp3) is 0.333. The SMILES string of the molecule is c1cncc(-c2[nH]ncc2CNCc2ccccc2OC2CCCC2)c1. The first kappa shape index (κ1) is 16.8. The van der Waals surface area contributed by atoms with E-state index in [1.807, 2.05) is 30.6 Å². The van der Waals surface area contributed by atoms with Gasteiger partial charge in [-0.25, -0.2) is 0 Å². The Morgan fingerprint density at radius 2 is 1.85 bits per heavy atom. The Balaban J connectivity index is 1.39. The van der Waals surface area contributed by atoms with Gasteiger partial charge < -0.3 is 10.1 Å². The van der Waals surface area contributed by atoms with Gasteiger partial charge in [0.05, 0.1) is 18.0 Å². The summed E-state index contributed by atoms with van der Waals surface area (Å²) in [5.74, 6) is 1.01. The van der Waals surface area contributed by atoms with Crippen LogP contribution >= 0.6 is 0 Å². The van der Waals surface area contributed by atoms with Crippen molar-refractivity contribution in [2.45, 2.75) is 44.9 Å². The number of nitrogens with one attached hydrogen (secondary N) is 2. The molecule has 1 saturated carbocycles. The summed E-state index contributed by atoms with van der Waals surface area (Å²) in [5, 5.41) is 10.8. The minimum atomic E-state index is 0.377. The second kappa shape index (κ2) is 8.15. The van der Waals surface area contributed by atoms with Crippen LogP contribution in [0.5, 0.6) is 5.75 Å². The number of rotatable bonds is 7. The van der Waals surface area contributed by atoms with Gasteiger partial charge in [0.15, 0.2) is 0 Å². The second-order valence-corrected chi connectivity index (χ2v) is 6.75. The standard InChI is InChI=1S/C21H24N4O/c1-4-10-20(26-19-8-2-3-9-19)16(6-1)12-23-14-18-15-24-25-21(18)17-7-5-11-22-13-17/h1,4-7,10-11,13,15,19,23H,2-3,8-9,12,14H2,(H,24,25). The predicted octanol–water partition coefficient (Wildman–Crippen LogP) is 4.08. The summed E-state index contributed by atoms with van der Waals surface area (Å²) in [6, 6.07) is 12.3. The normalized spacial score (nSPS) is 14.6. The molecule has 0 amide bonds. The molecule has 0 bridgehead atoms. The van der Waals surface area contributed by atoms with E-state index in [1.54, 1.807) is 6.20 Å². The van der Waals surface area contributed by atoms with E-state index >= 15 is 0 Å². The van der Waals surface area contributed by atoms with Crippen LogP contribution in [0.3, 0.4) is 0 Å². The highest BCUT2D eigenvalue weighted by Gasteiger charge is 2.17. The molecule has 1 aliphatic rings. The molecular formula is C21H24N4O. The Kier molecular flexibility index (Phi) is 5.26. The van der Waals surface area contributed by atoms with E-state index in [1.165, 1.54) is 31.2 Å². The van der Waals surface area contributed by atoms with Gasteiger partial charge in [-0.15, -0.1) is 0 Å². The molecule has 0 atom stereocenters. The molecule has 3 aromatic rings. The molecule has 1 fully saturated rings. The summed E-state index contributed by atoms with van der Waals surface area (Å²) < 4.78 is 6.22. The van der Waals surface area contributed by atoms with Crippen molar-refractivity contribution < 1.29 is 4.74 Å². The Bertz CT molecular complexity index is 825. The lowest BCUT2D eigenvalue weighted by Crippen LogP contribution is -2.16. The van der Waals surface area contributed by atoms with E-state index in [2.05, 4.69) is 38.7 Å². The van der Waals surface area contributed by atoms with Gasteiger partial charge in [-0.1, -0.05) is 18.2 Å². The molecule has 0 unspecified atom stereocenters. The maximum Gasteiger partial charge on any atom is 0.124 e. The van der Waals surface area contributed by atoms with Crippen LogP contribution in [0.2, 0.25) is 0 Å². The number of ether oxygens (including phenoxy) is 1. The van der Waals surface area contributed by atoms with E-state index in [4.69, 9.17) is 4.74 Å². The molecule has 2 heterocycles. The van der Waals surface area contributed by atoms with Crippen molar-refractivity contribution in [2.75, 3.05) is 0 Å². The Morgan fingerprint density at radius 1 is 1.00 bits per heavy atom. The first-order valence-corrected chi connectivity index (χ1v) is 9.28. The Hall–Kier alpha value is -2.66. The molecule has 134 valence electrons. The van der Waals surface area contributed by atoms with Crippen molar-refractivity contribution in [1.29, 1.82) is 0 Å². The molecule has 0 radical (unpaired) electrons. The maximum absolute atomic E-state index is 6.22. The van der Waals surface area contributed by atoms with Crippen LogP contribution < -0.4 is 10.1 Å². The zero-order chi connectivity index (χ0) is 17.6. The monoisotopic (exact) mass is 348 g/mol. The van der Waals surface area contributed by atoms with Crippen LogP contribution in [-0.2, 0) is 13.1 Å². The van der Waals surface area contributed by atoms with Crippen LogP contribution in [-0.4, -0.2) is 21.3 Å². The first-order valence-electron chi connectivity index (χ1n) is 9.28. The molecule has 5 nitrogen and oxygen atoms in total. The number of aromatic nitrogens is 3. The number of para-hydroxylation sites is 1. The first-order chi connectivity index (χ1) is 12.9. The van der Waals surface area contributed by atoms with Gasteiger partial charge in [0.25, 0.3) is 0 Å². The van der Waals surface area contributed by atoms with Crippen molar-refractivity contribution in [3.05, 3.63) is 66.1 Å². The number of aromatic amines is 1. The van der Waals surface area contributed by atoms with Gasteiger partial charge >= 0.3 is 0 Å². The number of hydrogen-bond donors (Lipinski definition) is 2. The summed E-state index contributed by atoms with van der Waals surface area (Å²) in [6.45, 7) is 1.50. The van der Waals surface area contributed by atoms with Gasteiger partial charge in [-0.3, -0.25) is 10.1 Å². The second-order valence-electron chi connectivity index (χ2n) is 6.75. The number of nitrogens with zero attached hydrogens (tertiary/aromatic N) is 2. The number of hydrogen-bond acceptors (Lipinski definition) is 4. The Labute approximate surface area is 153 Å². The third kappa shape index (κ3) is 3.94. The lowest BCUT2D eigenvalue weighted by molar-refractivity contribution is 0.207. The molecule has 2 N–H and O–H groups in total. The minimum absolute atomic E-state index is 0.377. The molecule has 1 aromatic carbocycles. The van der Waals surface area contributed by atoms with E-state index in [9.17, 15) is 0 Å². The van der Waals surface area contributed by atoms with Gasteiger partial charge in [-0.05, 0) is 43.9 Å². The molecule has 5 heteroatoms. The van der Waals surface area contributed by atoms with Crippen LogP contribution in [0, 0.1) is 0 Å². The molecule has 4 rings (SSSR count). The van der Waals surface area contributed by atoms with Crippen LogP contribution in [0.4, 0.5) is 0 Å². The average Bonchev–Trinajstić information content (AvgIpc) is 3.36. The predicted molar refractivity (Wildman–Crippen MR) is 102 cm³/mol. The zero-order valence-electron chi connectivity index (χ0n) is 14.8. The molecular weight excluding hydrogens is 324 g/mol. The molecule has 0 aliphatic heterocycles. The third-order valence-electron chi connectivity index (χ3n) is 4.87. The topological polar surface area (TPSA) is 62.8 Å². The van der Waals surface area contributed by atoms with E-state index < -0.39 is 0 Å². The van der Waals surface area contributed by atoms with E-state index in [-0.39, 0.29) is 0 Å². The van der Waals surface area contributed by atoms with Crippen LogP contribution in [0.15, 0.2) is 55.0 Å². The summed E-state index contributed by atoms with van der Waals surface area (Å²) in [6.07, 6.45) is 10.8. The molecule has 26 heavy (non-hydrogen) atoms. The summed E-state index contributed by atoms with van der Waals surface area (Å²) in [7, 11) is 0. The van der Waals surface area contributed by atoms with Gasteiger partial charge in [-0.2, -0.15) is 5.10 Å². The van der Waals surface area contributed by atoms with Gasteiger partial charge in [0.1, 0.15) is 5.75 Å². The summed E-state index contributed by atoms with van der Waals surface area (Å²) >= 11 is 0. The van der Waals surface area contributed by atoms with Crippen molar-refractivity contribution in [2.24, 2.45) is 0 Å². The van der Waals surface area contributed by atoms with Crippen molar-refractivity contribution in [1.82, 2.24) is 20.5 Å². The highest BCUT2D eigenvalue weighted by Crippen LogP contribution is 2.27. The fourth-order valence-corrected chi connectivity index (χ4v) is 3.49. The lowest BCUT2D eigenvalue weighted by Gasteiger charge is -2.16. The molecule has 0 saturated heterocycles. The smallest absolute Gasteiger partial charge is 0.124 e. The maximum atomic E-state index is 6.22. The van der Waals surface area contributed by atoms with Gasteiger partial charge in [0.2, 0.25) is 0 Å². The van der Waals surface area contributed by atoms with E-state index in [0.29, 0.717) is 6.10 Å². The van der Waals surface area contributed by atoms with Crippen LogP contribution in [0.1, 0.15) is 36.8 Å². The van der Waals surface area contributed by atoms with Gasteiger partial charge in [0, 0.05) is 42.2 Å². The quantitative estimate of drug-likeness (QED) is 0.675. The van der Waals surface area contributed by atoms with Crippen LogP contribution in [0.25, 0.3) is 11.3 Å². The number of H-pyrrole nitrogens is 1. The Morgan fingerprint density at radius 3 is 2.69 bits per heavy atom.